The minimum atomic E-state index is 0.729. The van der Waals surface area contributed by atoms with Crippen molar-refractivity contribution < 1.29 is 4.74 Å². The average Bonchev–Trinajstić information content (AvgIpc) is 3.16. The minimum absolute atomic E-state index is 0.729. The van der Waals surface area contributed by atoms with Crippen molar-refractivity contribution in [1.82, 2.24) is 14.4 Å². The molecule has 1 fully saturated rings. The molecule has 30 heavy (non-hydrogen) atoms. The number of halogens is 1. The standard InChI is InChI=1S/C23H22ClN5O/c1-16-19(24)3-2-4-20(16)26-23-22(27-21-15-25-9-10-29(21)23)17-5-7-18(8-6-17)28-11-13-30-14-12-28/h2-10,15,26H,11-14H2,1H3. The molecule has 0 unspecified atom stereocenters. The van der Waals surface area contributed by atoms with Gasteiger partial charge in [0.2, 0.25) is 0 Å². The van der Waals surface area contributed by atoms with Crippen LogP contribution < -0.4 is 10.2 Å². The lowest BCUT2D eigenvalue weighted by Crippen LogP contribution is -2.36. The molecular weight excluding hydrogens is 398 g/mol. The Kier molecular flexibility index (Phi) is 5.02. The van der Waals surface area contributed by atoms with E-state index < -0.39 is 0 Å². The van der Waals surface area contributed by atoms with Crippen molar-refractivity contribution in [3.8, 4) is 11.3 Å². The monoisotopic (exact) mass is 419 g/mol. The molecule has 5 rings (SSSR count). The Labute approximate surface area is 180 Å². The Morgan fingerprint density at radius 3 is 2.67 bits per heavy atom. The summed E-state index contributed by atoms with van der Waals surface area (Å²) in [5, 5.41) is 4.27. The van der Waals surface area contributed by atoms with Gasteiger partial charge in [0.15, 0.2) is 5.65 Å². The molecule has 3 heterocycles. The number of nitrogens with one attached hydrogen (secondary N) is 1. The molecule has 0 spiro atoms. The van der Waals surface area contributed by atoms with Crippen LogP contribution in [-0.2, 0) is 4.74 Å². The predicted octanol–water partition coefficient (Wildman–Crippen LogP) is 4.94. The number of imidazole rings is 1. The molecule has 0 aliphatic carbocycles. The highest BCUT2D eigenvalue weighted by Gasteiger charge is 2.17. The molecule has 1 aliphatic rings. The molecule has 1 aliphatic heterocycles. The Morgan fingerprint density at radius 2 is 1.87 bits per heavy atom. The first kappa shape index (κ1) is 18.9. The van der Waals surface area contributed by atoms with E-state index in [0.29, 0.717) is 0 Å². The molecule has 2 aromatic carbocycles. The molecule has 7 heteroatoms. The largest absolute Gasteiger partial charge is 0.378 e. The number of fused-ring (bicyclic) bond motifs is 1. The summed E-state index contributed by atoms with van der Waals surface area (Å²) in [6, 6.07) is 14.4. The van der Waals surface area contributed by atoms with Gasteiger partial charge in [0, 0.05) is 47.4 Å². The van der Waals surface area contributed by atoms with Gasteiger partial charge in [0.05, 0.1) is 19.4 Å². The number of rotatable bonds is 4. The Hall–Kier alpha value is -3.09. The molecule has 2 aromatic heterocycles. The van der Waals surface area contributed by atoms with Crippen LogP contribution in [-0.4, -0.2) is 40.7 Å². The lowest BCUT2D eigenvalue weighted by Gasteiger charge is -2.28. The van der Waals surface area contributed by atoms with E-state index in [-0.39, 0.29) is 0 Å². The maximum atomic E-state index is 6.33. The van der Waals surface area contributed by atoms with Crippen LogP contribution in [0.4, 0.5) is 17.2 Å². The third kappa shape index (κ3) is 3.49. The van der Waals surface area contributed by atoms with Crippen molar-refractivity contribution in [2.45, 2.75) is 6.92 Å². The molecule has 6 nitrogen and oxygen atoms in total. The Bertz CT molecular complexity index is 1180. The number of anilines is 3. The van der Waals surface area contributed by atoms with E-state index in [1.54, 1.807) is 12.4 Å². The first-order valence-corrected chi connectivity index (χ1v) is 10.4. The average molecular weight is 420 g/mol. The van der Waals surface area contributed by atoms with Crippen LogP contribution in [0.1, 0.15) is 5.56 Å². The zero-order valence-electron chi connectivity index (χ0n) is 16.7. The summed E-state index contributed by atoms with van der Waals surface area (Å²) < 4.78 is 7.47. The molecular formula is C23H22ClN5O. The third-order valence-electron chi connectivity index (χ3n) is 5.47. The fourth-order valence-corrected chi connectivity index (χ4v) is 3.92. The molecule has 4 aromatic rings. The molecule has 1 saturated heterocycles. The normalized spacial score (nSPS) is 14.3. The number of hydrogen-bond acceptors (Lipinski definition) is 5. The van der Waals surface area contributed by atoms with Crippen molar-refractivity contribution in [3.63, 3.8) is 0 Å². The first-order chi connectivity index (χ1) is 14.7. The number of benzene rings is 2. The Morgan fingerprint density at radius 1 is 1.07 bits per heavy atom. The second-order valence-electron chi connectivity index (χ2n) is 7.30. The van der Waals surface area contributed by atoms with Gasteiger partial charge < -0.3 is 15.0 Å². The maximum Gasteiger partial charge on any atom is 0.157 e. The predicted molar refractivity (Wildman–Crippen MR) is 121 cm³/mol. The van der Waals surface area contributed by atoms with E-state index in [1.807, 2.05) is 35.7 Å². The number of aromatic nitrogens is 3. The topological polar surface area (TPSA) is 54.7 Å². The Balaban J connectivity index is 1.55. The summed E-state index contributed by atoms with van der Waals surface area (Å²) in [5.74, 6) is 0.886. The van der Waals surface area contributed by atoms with Gasteiger partial charge in [0.25, 0.3) is 0 Å². The van der Waals surface area contributed by atoms with Crippen LogP contribution in [0.25, 0.3) is 16.9 Å². The number of morpholine rings is 1. The quantitative estimate of drug-likeness (QED) is 0.507. The van der Waals surface area contributed by atoms with Crippen LogP contribution in [0.15, 0.2) is 61.1 Å². The van der Waals surface area contributed by atoms with Gasteiger partial charge >= 0.3 is 0 Å². The molecule has 0 radical (unpaired) electrons. The fourth-order valence-electron chi connectivity index (χ4n) is 3.75. The molecule has 0 atom stereocenters. The second kappa shape index (κ2) is 7.97. The number of hydrogen-bond donors (Lipinski definition) is 1. The van der Waals surface area contributed by atoms with Gasteiger partial charge in [-0.2, -0.15) is 0 Å². The van der Waals surface area contributed by atoms with Crippen LogP contribution in [0.5, 0.6) is 0 Å². The van der Waals surface area contributed by atoms with E-state index >= 15 is 0 Å². The van der Waals surface area contributed by atoms with Crippen molar-refractivity contribution in [1.29, 1.82) is 0 Å². The van der Waals surface area contributed by atoms with Crippen LogP contribution in [0.2, 0.25) is 5.02 Å². The van der Waals surface area contributed by atoms with Crippen LogP contribution >= 0.6 is 11.6 Å². The highest BCUT2D eigenvalue weighted by atomic mass is 35.5. The van der Waals surface area contributed by atoms with E-state index in [4.69, 9.17) is 21.3 Å². The smallest absolute Gasteiger partial charge is 0.157 e. The number of ether oxygens (including phenoxy) is 1. The summed E-state index contributed by atoms with van der Waals surface area (Å²) in [6.45, 7) is 5.38. The van der Waals surface area contributed by atoms with Gasteiger partial charge in [-0.25, -0.2) is 4.98 Å². The van der Waals surface area contributed by atoms with E-state index in [0.717, 1.165) is 65.3 Å². The highest BCUT2D eigenvalue weighted by molar-refractivity contribution is 6.31. The van der Waals surface area contributed by atoms with Gasteiger partial charge in [-0.3, -0.25) is 9.38 Å². The van der Waals surface area contributed by atoms with Gasteiger partial charge in [-0.05, 0) is 36.8 Å². The van der Waals surface area contributed by atoms with Crippen molar-refractivity contribution in [3.05, 3.63) is 71.6 Å². The lowest BCUT2D eigenvalue weighted by molar-refractivity contribution is 0.122. The van der Waals surface area contributed by atoms with E-state index in [2.05, 4.69) is 39.5 Å². The van der Waals surface area contributed by atoms with Crippen molar-refractivity contribution in [2.24, 2.45) is 0 Å². The van der Waals surface area contributed by atoms with Crippen molar-refractivity contribution >= 4 is 34.4 Å². The van der Waals surface area contributed by atoms with Gasteiger partial charge in [-0.15, -0.1) is 0 Å². The maximum absolute atomic E-state index is 6.33. The fraction of sp³-hybridized carbons (Fsp3) is 0.217. The molecule has 0 saturated carbocycles. The number of nitrogens with zero attached hydrogens (tertiary/aromatic N) is 4. The molecule has 152 valence electrons. The highest BCUT2D eigenvalue weighted by Crippen LogP contribution is 2.34. The van der Waals surface area contributed by atoms with Gasteiger partial charge in [-0.1, -0.05) is 29.8 Å². The summed E-state index contributed by atoms with van der Waals surface area (Å²) >= 11 is 6.33. The van der Waals surface area contributed by atoms with Gasteiger partial charge in [0.1, 0.15) is 11.5 Å². The minimum Gasteiger partial charge on any atom is -0.378 e. The zero-order chi connectivity index (χ0) is 20.5. The third-order valence-corrected chi connectivity index (χ3v) is 5.88. The first-order valence-electron chi connectivity index (χ1n) is 9.98. The van der Waals surface area contributed by atoms with Crippen molar-refractivity contribution in [2.75, 3.05) is 36.5 Å². The zero-order valence-corrected chi connectivity index (χ0v) is 17.4. The SMILES string of the molecule is Cc1c(Cl)cccc1Nc1c(-c2ccc(N3CCOCC3)cc2)nc2cnccn12. The summed E-state index contributed by atoms with van der Waals surface area (Å²) in [5.41, 5.74) is 5.84. The summed E-state index contributed by atoms with van der Waals surface area (Å²) in [4.78, 5) is 11.4. The summed E-state index contributed by atoms with van der Waals surface area (Å²) in [7, 11) is 0. The molecule has 0 bridgehead atoms. The van der Waals surface area contributed by atoms with Crippen LogP contribution in [0, 0.1) is 6.92 Å². The van der Waals surface area contributed by atoms with E-state index in [9.17, 15) is 0 Å². The summed E-state index contributed by atoms with van der Waals surface area (Å²) in [6.07, 6.45) is 5.44. The van der Waals surface area contributed by atoms with Crippen LogP contribution in [0.3, 0.4) is 0 Å². The molecule has 0 amide bonds. The molecule has 1 N–H and O–H groups in total. The lowest BCUT2D eigenvalue weighted by atomic mass is 10.1. The van der Waals surface area contributed by atoms with E-state index in [1.165, 1.54) is 5.69 Å². The second-order valence-corrected chi connectivity index (χ2v) is 7.70.